The van der Waals surface area contributed by atoms with Crippen molar-refractivity contribution in [2.75, 3.05) is 42.5 Å². The van der Waals surface area contributed by atoms with Crippen molar-refractivity contribution in [3.63, 3.8) is 0 Å². The summed E-state index contributed by atoms with van der Waals surface area (Å²) >= 11 is 8.38. The summed E-state index contributed by atoms with van der Waals surface area (Å²) in [6.07, 6.45) is 0.705. The maximum atomic E-state index is 13.5. The molecule has 3 aromatic rings. The van der Waals surface area contributed by atoms with Gasteiger partial charge in [-0.15, -0.1) is 0 Å². The van der Waals surface area contributed by atoms with E-state index in [9.17, 15) is 9.59 Å². The van der Waals surface area contributed by atoms with Crippen LogP contribution in [0.25, 0.3) is 10.1 Å². The number of hydrogen-bond donors (Lipinski definition) is 0. The molecule has 0 N–H and O–H groups in total. The maximum Gasteiger partial charge on any atom is 0.412 e. The van der Waals surface area contributed by atoms with Crippen LogP contribution in [0, 0.1) is 5.41 Å². The Labute approximate surface area is 277 Å². The van der Waals surface area contributed by atoms with E-state index >= 15 is 0 Å². The number of aromatic nitrogens is 1. The Hall–Kier alpha value is -2.88. The van der Waals surface area contributed by atoms with Gasteiger partial charge in [0.15, 0.2) is 6.23 Å². The van der Waals surface area contributed by atoms with Crippen LogP contribution in [-0.4, -0.2) is 76.7 Å². The van der Waals surface area contributed by atoms with Gasteiger partial charge >= 0.3 is 6.09 Å². The molecule has 0 aliphatic carbocycles. The first kappa shape index (κ1) is 33.5. The van der Waals surface area contributed by atoms with Crippen molar-refractivity contribution in [2.24, 2.45) is 5.41 Å². The number of piperazine rings is 1. The minimum absolute atomic E-state index is 0.0338. The molecule has 5 rings (SSSR count). The van der Waals surface area contributed by atoms with Crippen molar-refractivity contribution < 1.29 is 14.3 Å². The van der Waals surface area contributed by atoms with Crippen LogP contribution in [0.4, 0.5) is 16.3 Å². The Bertz CT molecular complexity index is 1540. The Morgan fingerprint density at radius 1 is 1.07 bits per heavy atom. The van der Waals surface area contributed by atoms with Gasteiger partial charge in [0.05, 0.1) is 16.8 Å². The molecule has 1 fully saturated rings. The Balaban J connectivity index is 1.20. The zero-order valence-corrected chi connectivity index (χ0v) is 29.6. The van der Waals surface area contributed by atoms with E-state index < -0.39 is 17.9 Å². The number of rotatable bonds is 9. The molecule has 0 saturated carbocycles. The number of ether oxygens (including phenoxy) is 1. The van der Waals surface area contributed by atoms with Gasteiger partial charge in [0.1, 0.15) is 5.82 Å². The topological polar surface area (TPSA) is 69.2 Å². The highest BCUT2D eigenvalue weighted by Gasteiger charge is 2.40. The molecule has 2 aliphatic heterocycles. The first-order valence-corrected chi connectivity index (χ1v) is 17.2. The highest BCUT2D eigenvalue weighted by Crippen LogP contribution is 2.37. The van der Waals surface area contributed by atoms with E-state index in [-0.39, 0.29) is 23.8 Å². The fraction of sp³-hybridized carbons (Fsp3) is 0.571. The second kappa shape index (κ2) is 13.1. The van der Waals surface area contributed by atoms with E-state index in [1.54, 1.807) is 28.3 Å². The van der Waals surface area contributed by atoms with Crippen molar-refractivity contribution in [1.29, 1.82) is 0 Å². The minimum Gasteiger partial charge on any atom is -0.425 e. The monoisotopic (exact) mass is 653 g/mol. The van der Waals surface area contributed by atoms with Gasteiger partial charge in [-0.3, -0.25) is 14.6 Å². The minimum atomic E-state index is -0.758. The summed E-state index contributed by atoms with van der Waals surface area (Å²) in [5.74, 6) is 1.01. The van der Waals surface area contributed by atoms with E-state index in [0.717, 1.165) is 68.2 Å². The molecule has 1 saturated heterocycles. The molecule has 0 radical (unpaired) electrons. The van der Waals surface area contributed by atoms with Gasteiger partial charge in [0.25, 0.3) is 0 Å². The predicted molar refractivity (Wildman–Crippen MR) is 186 cm³/mol. The van der Waals surface area contributed by atoms with Gasteiger partial charge in [-0.2, -0.15) is 4.37 Å². The fourth-order valence-electron chi connectivity index (χ4n) is 7.35. The van der Waals surface area contributed by atoms with E-state index in [1.807, 2.05) is 19.9 Å². The van der Waals surface area contributed by atoms with Crippen molar-refractivity contribution in [3.8, 4) is 0 Å². The summed E-state index contributed by atoms with van der Waals surface area (Å²) in [7, 11) is 0. The number of benzene rings is 2. The normalized spacial score (nSPS) is 16.9. The van der Waals surface area contributed by atoms with Crippen LogP contribution in [0.3, 0.4) is 0 Å². The average Bonchev–Trinajstić information content (AvgIpc) is 3.50. The lowest BCUT2D eigenvalue weighted by molar-refractivity contribution is -0.119. The molecule has 2 aromatic carbocycles. The largest absolute Gasteiger partial charge is 0.425 e. The Morgan fingerprint density at radius 3 is 2.42 bits per heavy atom. The number of amides is 2. The van der Waals surface area contributed by atoms with Crippen LogP contribution < -0.4 is 9.80 Å². The molecule has 244 valence electrons. The first-order valence-electron chi connectivity index (χ1n) is 16.1. The SMILES string of the molecule is CC(OC(=O)N(C(C)C)C(C)(C)CC(C)(C)C)N1C(=O)Cc2cc(CCN3CCN(c4nsc5ccccc45)CC3)c(Cl)cc21. The molecule has 2 aliphatic rings. The molecule has 1 aromatic heterocycles. The van der Waals surface area contributed by atoms with Gasteiger partial charge < -0.3 is 14.5 Å². The number of halogens is 1. The van der Waals surface area contributed by atoms with Crippen molar-refractivity contribution in [1.82, 2.24) is 14.2 Å². The summed E-state index contributed by atoms with van der Waals surface area (Å²) in [6.45, 7) is 21.1. The van der Waals surface area contributed by atoms with Gasteiger partial charge in [-0.1, -0.05) is 50.6 Å². The summed E-state index contributed by atoms with van der Waals surface area (Å²) < 4.78 is 11.9. The third kappa shape index (κ3) is 7.42. The molecular formula is C35H48ClN5O3S. The summed E-state index contributed by atoms with van der Waals surface area (Å²) in [4.78, 5) is 35.0. The number of hydrogen-bond acceptors (Lipinski definition) is 7. The van der Waals surface area contributed by atoms with Gasteiger partial charge in [-0.05, 0) is 93.7 Å². The molecule has 1 atom stereocenters. The van der Waals surface area contributed by atoms with Crippen molar-refractivity contribution in [3.05, 3.63) is 52.5 Å². The molecule has 3 heterocycles. The number of carbonyl (C=O) groups excluding carboxylic acids is 2. The van der Waals surface area contributed by atoms with Crippen LogP contribution in [0.1, 0.15) is 72.9 Å². The van der Waals surface area contributed by atoms with Gasteiger partial charge in [0.2, 0.25) is 5.91 Å². The average molecular weight is 654 g/mol. The van der Waals surface area contributed by atoms with Gasteiger partial charge in [-0.25, -0.2) is 4.79 Å². The molecule has 45 heavy (non-hydrogen) atoms. The smallest absolute Gasteiger partial charge is 0.412 e. The molecular weight excluding hydrogens is 606 g/mol. The van der Waals surface area contributed by atoms with E-state index in [1.165, 1.54) is 10.1 Å². The zero-order valence-electron chi connectivity index (χ0n) is 28.0. The zero-order chi connectivity index (χ0) is 32.7. The van der Waals surface area contributed by atoms with E-state index in [2.05, 4.69) is 74.8 Å². The molecule has 1 unspecified atom stereocenters. The highest BCUT2D eigenvalue weighted by atomic mass is 35.5. The predicted octanol–water partition coefficient (Wildman–Crippen LogP) is 7.61. The van der Waals surface area contributed by atoms with Gasteiger partial charge in [0, 0.05) is 54.7 Å². The summed E-state index contributed by atoms with van der Waals surface area (Å²) in [5.41, 5.74) is 2.31. The summed E-state index contributed by atoms with van der Waals surface area (Å²) in [5, 5.41) is 1.87. The molecule has 8 nitrogen and oxygen atoms in total. The molecule has 0 spiro atoms. The second-order valence-corrected chi connectivity index (χ2v) is 15.8. The number of anilines is 2. The van der Waals surface area contributed by atoms with Crippen LogP contribution >= 0.6 is 23.1 Å². The third-order valence-corrected chi connectivity index (χ3v) is 9.98. The first-order chi connectivity index (χ1) is 21.1. The lowest BCUT2D eigenvalue weighted by Gasteiger charge is -2.44. The number of nitrogens with zero attached hydrogens (tertiary/aromatic N) is 5. The van der Waals surface area contributed by atoms with Crippen LogP contribution in [0.5, 0.6) is 0 Å². The molecule has 2 amide bonds. The summed E-state index contributed by atoms with van der Waals surface area (Å²) in [6, 6.07) is 12.3. The van der Waals surface area contributed by atoms with Crippen LogP contribution in [0.15, 0.2) is 36.4 Å². The lowest BCUT2D eigenvalue weighted by Crippen LogP contribution is -2.54. The Morgan fingerprint density at radius 2 is 1.76 bits per heavy atom. The number of carbonyl (C=O) groups is 2. The highest BCUT2D eigenvalue weighted by molar-refractivity contribution is 7.13. The lowest BCUT2D eigenvalue weighted by atomic mass is 9.80. The van der Waals surface area contributed by atoms with Crippen molar-refractivity contribution >= 4 is 56.7 Å². The quantitative estimate of drug-likeness (QED) is 0.237. The van der Waals surface area contributed by atoms with E-state index in [0.29, 0.717) is 5.02 Å². The second-order valence-electron chi connectivity index (χ2n) is 14.6. The van der Waals surface area contributed by atoms with Crippen molar-refractivity contribution in [2.45, 2.75) is 92.5 Å². The standard InChI is InChI=1S/C35H48ClN5O3S/c1-23(2)41(35(7,8)22-34(4,5)6)33(43)44-24(3)40-29-21-28(36)25(19-26(29)20-31(40)42)13-14-38-15-17-39(18-16-38)32-27-11-9-10-12-30(27)45-37-32/h9-12,19,21,23-24H,13-18,20,22H2,1-8H3. The van der Waals surface area contributed by atoms with Crippen LogP contribution in [0.2, 0.25) is 5.02 Å². The van der Waals surface area contributed by atoms with Crippen LogP contribution in [-0.2, 0) is 22.4 Å². The molecule has 0 bridgehead atoms. The Kier molecular flexibility index (Phi) is 9.74. The third-order valence-electron chi connectivity index (χ3n) is 8.81. The fourth-order valence-corrected chi connectivity index (χ4v) is 8.40. The molecule has 10 heteroatoms. The van der Waals surface area contributed by atoms with E-state index in [4.69, 9.17) is 20.7 Å². The maximum absolute atomic E-state index is 13.5. The number of fused-ring (bicyclic) bond motifs is 2.